The summed E-state index contributed by atoms with van der Waals surface area (Å²) in [5.74, 6) is -1.16. The number of amides is 2. The van der Waals surface area contributed by atoms with Gasteiger partial charge in [0.1, 0.15) is 11.4 Å². The summed E-state index contributed by atoms with van der Waals surface area (Å²) in [5.41, 5.74) is 0.697. The van der Waals surface area contributed by atoms with Crippen molar-refractivity contribution < 1.29 is 14.0 Å². The lowest BCUT2D eigenvalue weighted by Gasteiger charge is -2.35. The second-order valence-corrected chi connectivity index (χ2v) is 5.24. The minimum absolute atomic E-state index is 0.0509. The van der Waals surface area contributed by atoms with Gasteiger partial charge in [-0.1, -0.05) is 24.3 Å². The molecule has 1 aliphatic heterocycles. The van der Waals surface area contributed by atoms with Crippen molar-refractivity contribution in [2.75, 3.05) is 13.1 Å². The molecule has 120 valence electrons. The molecule has 0 spiro atoms. The zero-order valence-corrected chi connectivity index (χ0v) is 13.8. The van der Waals surface area contributed by atoms with Crippen molar-refractivity contribution in [1.29, 1.82) is 0 Å². The third-order valence-corrected chi connectivity index (χ3v) is 3.89. The Bertz CT molecular complexity index is 684. The van der Waals surface area contributed by atoms with Crippen LogP contribution < -0.4 is 0 Å². The van der Waals surface area contributed by atoms with E-state index in [0.29, 0.717) is 18.7 Å². The number of allylic oxidation sites excluding steroid dienone is 2. The SMILES string of the molecule is CCN1C(=O)C(=CC=Cc2cccc(F)c2)C(=O)N(CC)C1=S. The van der Waals surface area contributed by atoms with Crippen molar-refractivity contribution in [1.82, 2.24) is 9.80 Å². The molecule has 2 amide bonds. The smallest absolute Gasteiger partial charge is 0.265 e. The molecule has 1 aromatic rings. The van der Waals surface area contributed by atoms with Crippen LogP contribution in [-0.2, 0) is 9.59 Å². The van der Waals surface area contributed by atoms with Gasteiger partial charge in [-0.3, -0.25) is 19.4 Å². The predicted molar refractivity (Wildman–Crippen MR) is 90.9 cm³/mol. The molecule has 0 atom stereocenters. The topological polar surface area (TPSA) is 40.6 Å². The number of likely N-dealkylation sites (N-methyl/N-ethyl adjacent to an activating group) is 2. The fourth-order valence-electron chi connectivity index (χ4n) is 2.27. The van der Waals surface area contributed by atoms with Crippen LogP contribution in [0.15, 0.2) is 42.0 Å². The molecule has 1 heterocycles. The molecule has 1 aliphatic rings. The molecule has 4 nitrogen and oxygen atoms in total. The van der Waals surface area contributed by atoms with Gasteiger partial charge >= 0.3 is 0 Å². The molecule has 1 saturated heterocycles. The first-order valence-electron chi connectivity index (χ1n) is 7.31. The maximum absolute atomic E-state index is 13.1. The van der Waals surface area contributed by atoms with Gasteiger partial charge in [0.15, 0.2) is 5.11 Å². The fraction of sp³-hybridized carbons (Fsp3) is 0.235. The van der Waals surface area contributed by atoms with E-state index in [2.05, 4.69) is 0 Å². The van der Waals surface area contributed by atoms with E-state index in [1.165, 1.54) is 28.0 Å². The molecule has 0 radical (unpaired) electrons. The zero-order chi connectivity index (χ0) is 17.0. The maximum atomic E-state index is 13.1. The normalized spacial score (nSPS) is 15.8. The molecule has 2 rings (SSSR count). The van der Waals surface area contributed by atoms with Crippen molar-refractivity contribution in [2.45, 2.75) is 13.8 Å². The summed E-state index contributed by atoms with van der Waals surface area (Å²) in [6.07, 6.45) is 4.65. The summed E-state index contributed by atoms with van der Waals surface area (Å²) in [4.78, 5) is 27.5. The van der Waals surface area contributed by atoms with Gasteiger partial charge < -0.3 is 0 Å². The van der Waals surface area contributed by atoms with Crippen molar-refractivity contribution in [2.24, 2.45) is 0 Å². The van der Waals surface area contributed by atoms with Gasteiger partial charge in [0, 0.05) is 13.1 Å². The highest BCUT2D eigenvalue weighted by Crippen LogP contribution is 2.17. The first kappa shape index (κ1) is 17.0. The van der Waals surface area contributed by atoms with Crippen LogP contribution in [0.1, 0.15) is 19.4 Å². The van der Waals surface area contributed by atoms with Gasteiger partial charge in [0.25, 0.3) is 11.8 Å². The predicted octanol–water partition coefficient (Wildman–Crippen LogP) is 2.76. The second kappa shape index (κ2) is 7.28. The number of hydrogen-bond acceptors (Lipinski definition) is 3. The van der Waals surface area contributed by atoms with Crippen LogP contribution in [0, 0.1) is 5.82 Å². The first-order valence-corrected chi connectivity index (χ1v) is 7.72. The number of hydrogen-bond donors (Lipinski definition) is 0. The number of nitrogens with zero attached hydrogens (tertiary/aromatic N) is 2. The van der Waals surface area contributed by atoms with Gasteiger partial charge in [-0.05, 0) is 49.8 Å². The average Bonchev–Trinajstić information content (AvgIpc) is 2.51. The molecule has 0 N–H and O–H groups in total. The third-order valence-electron chi connectivity index (χ3n) is 3.45. The Labute approximate surface area is 139 Å². The lowest BCUT2D eigenvalue weighted by atomic mass is 10.1. The molecule has 0 unspecified atom stereocenters. The van der Waals surface area contributed by atoms with Crippen molar-refractivity contribution >= 4 is 35.2 Å². The standard InChI is InChI=1S/C17H17FN2O2S/c1-3-19-15(21)14(16(22)20(4-2)17(19)23)10-6-8-12-7-5-9-13(18)11-12/h5-11H,3-4H2,1-2H3. The molecular weight excluding hydrogens is 315 g/mol. The van der Waals surface area contributed by atoms with Crippen LogP contribution in [0.4, 0.5) is 4.39 Å². The number of thiocarbonyl (C=S) groups is 1. The monoisotopic (exact) mass is 332 g/mol. The van der Waals surface area contributed by atoms with Crippen LogP contribution in [0.2, 0.25) is 0 Å². The molecule has 6 heteroatoms. The van der Waals surface area contributed by atoms with Gasteiger partial charge in [-0.25, -0.2) is 4.39 Å². The van der Waals surface area contributed by atoms with Crippen molar-refractivity contribution in [3.05, 3.63) is 53.4 Å². The van der Waals surface area contributed by atoms with Crippen LogP contribution in [0.3, 0.4) is 0 Å². The van der Waals surface area contributed by atoms with E-state index in [4.69, 9.17) is 12.2 Å². The molecule has 1 fully saturated rings. The highest BCUT2D eigenvalue weighted by atomic mass is 32.1. The van der Waals surface area contributed by atoms with E-state index >= 15 is 0 Å². The second-order valence-electron chi connectivity index (χ2n) is 4.88. The van der Waals surface area contributed by atoms with E-state index in [9.17, 15) is 14.0 Å². The van der Waals surface area contributed by atoms with Crippen LogP contribution >= 0.6 is 12.2 Å². The fourth-order valence-corrected chi connectivity index (χ4v) is 2.69. The van der Waals surface area contributed by atoms with E-state index < -0.39 is 11.8 Å². The minimum Gasteiger partial charge on any atom is -0.285 e. The number of carbonyl (C=O) groups excluding carboxylic acids is 2. The molecule has 1 aromatic carbocycles. The first-order chi connectivity index (χ1) is 11.0. The van der Waals surface area contributed by atoms with E-state index in [1.807, 2.05) is 0 Å². The Balaban J connectivity index is 2.30. The minimum atomic E-state index is -0.406. The molecular formula is C17H17FN2O2S. The highest BCUT2D eigenvalue weighted by Gasteiger charge is 2.37. The van der Waals surface area contributed by atoms with Crippen LogP contribution in [0.25, 0.3) is 6.08 Å². The van der Waals surface area contributed by atoms with Crippen LogP contribution in [-0.4, -0.2) is 39.8 Å². The largest absolute Gasteiger partial charge is 0.285 e. The molecule has 0 bridgehead atoms. The summed E-state index contributed by atoms with van der Waals surface area (Å²) >= 11 is 5.18. The lowest BCUT2D eigenvalue weighted by Crippen LogP contribution is -2.55. The van der Waals surface area contributed by atoms with Crippen molar-refractivity contribution in [3.63, 3.8) is 0 Å². The Morgan fingerprint density at radius 2 is 1.74 bits per heavy atom. The third kappa shape index (κ3) is 3.53. The summed E-state index contributed by atoms with van der Waals surface area (Å²) in [6.45, 7) is 4.39. The summed E-state index contributed by atoms with van der Waals surface area (Å²) in [7, 11) is 0. The zero-order valence-electron chi connectivity index (χ0n) is 13.0. The Kier molecular flexibility index (Phi) is 5.39. The number of rotatable bonds is 4. The van der Waals surface area contributed by atoms with Gasteiger partial charge in [-0.15, -0.1) is 0 Å². The molecule has 0 aliphatic carbocycles. The summed E-state index contributed by atoms with van der Waals surface area (Å²) in [6, 6.07) is 6.04. The highest BCUT2D eigenvalue weighted by molar-refractivity contribution is 7.80. The molecule has 0 aromatic heterocycles. The van der Waals surface area contributed by atoms with Crippen molar-refractivity contribution in [3.8, 4) is 0 Å². The molecule has 23 heavy (non-hydrogen) atoms. The Morgan fingerprint density at radius 3 is 2.26 bits per heavy atom. The Hall–Kier alpha value is -2.34. The van der Waals surface area contributed by atoms with E-state index in [1.54, 1.807) is 38.1 Å². The van der Waals surface area contributed by atoms with Crippen LogP contribution in [0.5, 0.6) is 0 Å². The lowest BCUT2D eigenvalue weighted by molar-refractivity contribution is -0.133. The number of benzene rings is 1. The van der Waals surface area contributed by atoms with Gasteiger partial charge in [-0.2, -0.15) is 0 Å². The van der Waals surface area contributed by atoms with E-state index in [-0.39, 0.29) is 16.5 Å². The molecule has 0 saturated carbocycles. The number of halogens is 1. The maximum Gasteiger partial charge on any atom is 0.265 e. The quantitative estimate of drug-likeness (QED) is 0.484. The van der Waals surface area contributed by atoms with Gasteiger partial charge in [0.05, 0.1) is 0 Å². The average molecular weight is 332 g/mol. The Morgan fingerprint density at radius 1 is 1.13 bits per heavy atom. The van der Waals surface area contributed by atoms with Gasteiger partial charge in [0.2, 0.25) is 0 Å². The summed E-state index contributed by atoms with van der Waals surface area (Å²) in [5, 5.41) is 0.233. The summed E-state index contributed by atoms with van der Waals surface area (Å²) < 4.78 is 13.1. The number of carbonyl (C=O) groups is 2. The van der Waals surface area contributed by atoms with E-state index in [0.717, 1.165) is 0 Å².